The van der Waals surface area contributed by atoms with Crippen molar-refractivity contribution in [1.29, 1.82) is 0 Å². The summed E-state index contributed by atoms with van der Waals surface area (Å²) in [5.41, 5.74) is 7.67. The Morgan fingerprint density at radius 3 is 2.71 bits per heavy atom. The van der Waals surface area contributed by atoms with Gasteiger partial charge in [-0.2, -0.15) is 5.10 Å². The number of halogens is 1. The monoisotopic (exact) mass is 291 g/mol. The largest absolute Gasteiger partial charge is 0.484 e. The zero-order valence-electron chi connectivity index (χ0n) is 12.8. The minimum absolute atomic E-state index is 0.207. The van der Waals surface area contributed by atoms with E-state index in [1.165, 1.54) is 6.07 Å². The number of nitrogen functional groups attached to an aromatic ring is 1. The lowest BCUT2D eigenvalue weighted by molar-refractivity contribution is 0.282. The van der Waals surface area contributed by atoms with Crippen LogP contribution in [0.3, 0.4) is 0 Å². The molecular formula is C16H22FN3O. The molecule has 0 saturated heterocycles. The first-order valence-electron chi connectivity index (χ1n) is 7.27. The van der Waals surface area contributed by atoms with Gasteiger partial charge in [0.05, 0.1) is 11.7 Å². The first kappa shape index (κ1) is 15.4. The molecule has 0 fully saturated rings. The summed E-state index contributed by atoms with van der Waals surface area (Å²) in [7, 11) is 0. The fraction of sp³-hybridized carbons (Fsp3) is 0.438. The Kier molecular flexibility index (Phi) is 4.83. The quantitative estimate of drug-likeness (QED) is 0.822. The van der Waals surface area contributed by atoms with E-state index in [2.05, 4.69) is 18.9 Å². The Morgan fingerprint density at radius 1 is 1.33 bits per heavy atom. The highest BCUT2D eigenvalue weighted by Crippen LogP contribution is 2.24. The highest BCUT2D eigenvalue weighted by molar-refractivity contribution is 5.50. The first-order chi connectivity index (χ1) is 10.0. The van der Waals surface area contributed by atoms with Crippen LogP contribution in [-0.4, -0.2) is 9.78 Å². The Morgan fingerprint density at radius 2 is 2.05 bits per heavy atom. The highest BCUT2D eigenvalue weighted by Gasteiger charge is 2.10. The summed E-state index contributed by atoms with van der Waals surface area (Å²) in [6, 6.07) is 5.20. The van der Waals surface area contributed by atoms with Crippen LogP contribution in [-0.2, 0) is 6.61 Å². The van der Waals surface area contributed by atoms with Gasteiger partial charge in [0, 0.05) is 18.0 Å². The van der Waals surface area contributed by atoms with E-state index in [0.29, 0.717) is 11.7 Å². The van der Waals surface area contributed by atoms with E-state index in [0.717, 1.165) is 24.1 Å². The Balaban J connectivity index is 2.05. The summed E-state index contributed by atoms with van der Waals surface area (Å²) >= 11 is 0. The maximum Gasteiger partial charge on any atom is 0.167 e. The second kappa shape index (κ2) is 6.61. The van der Waals surface area contributed by atoms with E-state index < -0.39 is 5.82 Å². The summed E-state index contributed by atoms with van der Waals surface area (Å²) in [5, 5.41) is 4.48. The predicted octanol–water partition coefficient (Wildman–Crippen LogP) is 3.85. The van der Waals surface area contributed by atoms with Crippen molar-refractivity contribution in [2.75, 3.05) is 5.73 Å². The molecule has 2 N–H and O–H groups in total. The van der Waals surface area contributed by atoms with E-state index in [1.54, 1.807) is 6.07 Å². The third-order valence-electron chi connectivity index (χ3n) is 3.68. The van der Waals surface area contributed by atoms with Crippen LogP contribution in [0, 0.1) is 12.7 Å². The molecule has 0 spiro atoms. The SMILES string of the molecule is CCC(CC)n1ccc(COc2cc(C)c(N)cc2F)n1. The normalized spacial score (nSPS) is 11.1. The summed E-state index contributed by atoms with van der Waals surface area (Å²) in [5.74, 6) is -0.240. The van der Waals surface area contributed by atoms with Crippen LogP contribution < -0.4 is 10.5 Å². The Labute approximate surface area is 124 Å². The van der Waals surface area contributed by atoms with Crippen molar-refractivity contribution in [1.82, 2.24) is 9.78 Å². The Hall–Kier alpha value is -2.04. The van der Waals surface area contributed by atoms with Gasteiger partial charge in [0.1, 0.15) is 6.61 Å². The second-order valence-corrected chi connectivity index (χ2v) is 5.19. The first-order valence-corrected chi connectivity index (χ1v) is 7.27. The third-order valence-corrected chi connectivity index (χ3v) is 3.68. The fourth-order valence-electron chi connectivity index (χ4n) is 2.25. The third kappa shape index (κ3) is 3.54. The molecule has 1 heterocycles. The van der Waals surface area contributed by atoms with Crippen LogP contribution in [0.1, 0.15) is 44.0 Å². The smallest absolute Gasteiger partial charge is 0.167 e. The molecule has 21 heavy (non-hydrogen) atoms. The zero-order valence-corrected chi connectivity index (χ0v) is 12.8. The molecule has 0 bridgehead atoms. The van der Waals surface area contributed by atoms with Gasteiger partial charge in [-0.15, -0.1) is 0 Å². The molecule has 0 aliphatic heterocycles. The number of hydrogen-bond acceptors (Lipinski definition) is 3. The lowest BCUT2D eigenvalue weighted by atomic mass is 10.2. The number of ether oxygens (including phenoxy) is 1. The van der Waals surface area contributed by atoms with Gasteiger partial charge in [0.2, 0.25) is 0 Å². The van der Waals surface area contributed by atoms with Gasteiger partial charge in [0.25, 0.3) is 0 Å². The van der Waals surface area contributed by atoms with Crippen molar-refractivity contribution in [3.63, 3.8) is 0 Å². The predicted molar refractivity (Wildman–Crippen MR) is 81.7 cm³/mol. The van der Waals surface area contributed by atoms with Gasteiger partial charge >= 0.3 is 0 Å². The molecule has 4 nitrogen and oxygen atoms in total. The number of hydrogen-bond donors (Lipinski definition) is 1. The standard InChI is InChI=1S/C16H22FN3O/c1-4-13(5-2)20-7-6-12(19-20)10-21-16-8-11(3)15(18)9-14(16)17/h6-9,13H,4-5,10,18H2,1-3H3. The number of aromatic nitrogens is 2. The zero-order chi connectivity index (χ0) is 15.4. The Bertz CT molecular complexity index is 606. The van der Waals surface area contributed by atoms with Crippen molar-refractivity contribution in [2.24, 2.45) is 0 Å². The molecule has 0 unspecified atom stereocenters. The van der Waals surface area contributed by atoms with Gasteiger partial charge in [-0.1, -0.05) is 13.8 Å². The summed E-state index contributed by atoms with van der Waals surface area (Å²) < 4.78 is 21.2. The lowest BCUT2D eigenvalue weighted by Gasteiger charge is -2.12. The molecule has 0 atom stereocenters. The number of nitrogens with two attached hydrogens (primary N) is 1. The van der Waals surface area contributed by atoms with Crippen LogP contribution >= 0.6 is 0 Å². The number of anilines is 1. The van der Waals surface area contributed by atoms with Crippen LogP contribution in [0.15, 0.2) is 24.4 Å². The van der Waals surface area contributed by atoms with Gasteiger partial charge < -0.3 is 10.5 Å². The van der Waals surface area contributed by atoms with E-state index in [9.17, 15) is 4.39 Å². The summed E-state index contributed by atoms with van der Waals surface area (Å²) in [4.78, 5) is 0. The van der Waals surface area contributed by atoms with Crippen LogP contribution in [0.2, 0.25) is 0 Å². The number of benzene rings is 1. The topological polar surface area (TPSA) is 53.1 Å². The van der Waals surface area contributed by atoms with Crippen molar-refractivity contribution in [3.05, 3.63) is 41.5 Å². The molecule has 0 radical (unpaired) electrons. The van der Waals surface area contributed by atoms with Gasteiger partial charge in [-0.3, -0.25) is 4.68 Å². The summed E-state index contributed by atoms with van der Waals surface area (Å²) in [6.07, 6.45) is 4.01. The minimum atomic E-state index is -0.447. The van der Waals surface area contributed by atoms with E-state index >= 15 is 0 Å². The molecule has 1 aromatic heterocycles. The summed E-state index contributed by atoms with van der Waals surface area (Å²) in [6.45, 7) is 6.34. The van der Waals surface area contributed by atoms with Gasteiger partial charge in [-0.05, 0) is 37.5 Å². The minimum Gasteiger partial charge on any atom is -0.484 e. The van der Waals surface area contributed by atoms with Gasteiger partial charge in [-0.25, -0.2) is 4.39 Å². The van der Waals surface area contributed by atoms with Crippen molar-refractivity contribution < 1.29 is 9.13 Å². The van der Waals surface area contributed by atoms with E-state index in [4.69, 9.17) is 10.5 Å². The van der Waals surface area contributed by atoms with E-state index in [-0.39, 0.29) is 12.4 Å². The average Bonchev–Trinajstić information content (AvgIpc) is 2.91. The maximum atomic E-state index is 13.7. The van der Waals surface area contributed by atoms with Gasteiger partial charge in [0.15, 0.2) is 11.6 Å². The molecule has 114 valence electrons. The molecule has 0 aliphatic rings. The van der Waals surface area contributed by atoms with Crippen molar-refractivity contribution >= 4 is 5.69 Å². The fourth-order valence-corrected chi connectivity index (χ4v) is 2.25. The average molecular weight is 291 g/mol. The van der Waals surface area contributed by atoms with Crippen LogP contribution in [0.5, 0.6) is 5.75 Å². The number of nitrogens with zero attached hydrogens (tertiary/aromatic N) is 2. The molecule has 2 aromatic rings. The number of rotatable bonds is 6. The molecule has 2 rings (SSSR count). The molecule has 0 saturated carbocycles. The molecule has 0 amide bonds. The molecule has 5 heteroatoms. The van der Waals surface area contributed by atoms with E-state index in [1.807, 2.05) is 23.9 Å². The number of aryl methyl sites for hydroxylation is 1. The molecular weight excluding hydrogens is 269 g/mol. The second-order valence-electron chi connectivity index (χ2n) is 5.19. The van der Waals surface area contributed by atoms with Crippen molar-refractivity contribution in [3.8, 4) is 5.75 Å². The van der Waals surface area contributed by atoms with Crippen LogP contribution in [0.4, 0.5) is 10.1 Å². The molecule has 0 aliphatic carbocycles. The molecule has 1 aromatic carbocycles. The lowest BCUT2D eigenvalue weighted by Crippen LogP contribution is -2.08. The highest BCUT2D eigenvalue weighted by atomic mass is 19.1. The maximum absolute atomic E-state index is 13.7. The van der Waals surface area contributed by atoms with Crippen molar-refractivity contribution in [2.45, 2.75) is 46.3 Å². The van der Waals surface area contributed by atoms with Crippen LogP contribution in [0.25, 0.3) is 0 Å².